The Hall–Kier alpha value is -1.04. The summed E-state index contributed by atoms with van der Waals surface area (Å²) in [6.45, 7) is 0.934. The molecule has 1 aromatic carbocycles. The Morgan fingerprint density at radius 1 is 1.39 bits per heavy atom. The number of nitrogens with zero attached hydrogens (tertiary/aromatic N) is 1. The first-order valence-electron chi connectivity index (χ1n) is 5.32. The fourth-order valence-corrected chi connectivity index (χ4v) is 2.20. The molecule has 98 valence electrons. The van der Waals surface area contributed by atoms with Gasteiger partial charge in [0.1, 0.15) is 5.75 Å². The molecule has 1 aliphatic heterocycles. The molecule has 0 fully saturated rings. The standard InChI is InChI=1S/C12H11BrF3NO/c1-11(12(14,15)16)5-9(17-6-11)7-2-3-10(18)8(13)4-7/h2-4,18H,5-6H2,1H3/t11-/m0/s1. The maximum absolute atomic E-state index is 12.9. The van der Waals surface area contributed by atoms with Crippen LogP contribution in [0.25, 0.3) is 0 Å². The average Bonchev–Trinajstić information content (AvgIpc) is 2.66. The first kappa shape index (κ1) is 13.4. The van der Waals surface area contributed by atoms with Crippen LogP contribution in [0.2, 0.25) is 0 Å². The first-order chi connectivity index (χ1) is 8.23. The van der Waals surface area contributed by atoms with Crippen molar-refractivity contribution in [2.24, 2.45) is 10.4 Å². The Kier molecular flexibility index (Phi) is 3.17. The van der Waals surface area contributed by atoms with Gasteiger partial charge in [0, 0.05) is 12.1 Å². The summed E-state index contributed by atoms with van der Waals surface area (Å²) in [6, 6.07) is 4.59. The molecule has 0 spiro atoms. The molecule has 1 atom stereocenters. The molecule has 1 aromatic rings. The summed E-state index contributed by atoms with van der Waals surface area (Å²) in [6.07, 6.45) is -4.39. The van der Waals surface area contributed by atoms with Gasteiger partial charge in [-0.3, -0.25) is 4.99 Å². The highest BCUT2D eigenvalue weighted by Gasteiger charge is 2.53. The predicted octanol–water partition coefficient (Wildman–Crippen LogP) is 3.92. The molecule has 2 rings (SSSR count). The SMILES string of the molecule is C[C@@]1(C(F)(F)F)CN=C(c2ccc(O)c(Br)c2)C1. The van der Waals surface area contributed by atoms with Gasteiger partial charge >= 0.3 is 6.18 Å². The topological polar surface area (TPSA) is 32.6 Å². The number of hydrogen-bond donors (Lipinski definition) is 1. The van der Waals surface area contributed by atoms with Crippen molar-refractivity contribution in [2.75, 3.05) is 6.54 Å². The van der Waals surface area contributed by atoms with Gasteiger partial charge in [-0.05, 0) is 46.6 Å². The third-order valence-corrected chi connectivity index (χ3v) is 3.78. The summed E-state index contributed by atoms with van der Waals surface area (Å²) >= 11 is 3.13. The molecule has 0 unspecified atom stereocenters. The van der Waals surface area contributed by atoms with Crippen LogP contribution in [0.5, 0.6) is 5.75 Å². The number of phenols is 1. The number of halogens is 4. The molecular weight excluding hydrogens is 311 g/mol. The van der Waals surface area contributed by atoms with E-state index in [-0.39, 0.29) is 18.7 Å². The number of aliphatic imine (C=N–C) groups is 1. The summed E-state index contributed by atoms with van der Waals surface area (Å²) in [5.74, 6) is 0.0518. The van der Waals surface area contributed by atoms with Crippen molar-refractivity contribution in [2.45, 2.75) is 19.5 Å². The van der Waals surface area contributed by atoms with Crippen LogP contribution < -0.4 is 0 Å². The predicted molar refractivity (Wildman–Crippen MR) is 66.0 cm³/mol. The van der Waals surface area contributed by atoms with Gasteiger partial charge in [0.2, 0.25) is 0 Å². The van der Waals surface area contributed by atoms with Gasteiger partial charge in [0.15, 0.2) is 0 Å². The second-order valence-electron chi connectivity index (χ2n) is 4.66. The van der Waals surface area contributed by atoms with Crippen molar-refractivity contribution in [3.8, 4) is 5.75 Å². The molecule has 1 aliphatic rings. The molecule has 18 heavy (non-hydrogen) atoms. The van der Waals surface area contributed by atoms with Gasteiger partial charge in [-0.2, -0.15) is 13.2 Å². The van der Waals surface area contributed by atoms with Crippen molar-refractivity contribution in [1.82, 2.24) is 0 Å². The molecule has 1 N–H and O–H groups in total. The van der Waals surface area contributed by atoms with E-state index in [1.54, 1.807) is 12.1 Å². The largest absolute Gasteiger partial charge is 0.507 e. The molecule has 0 bridgehead atoms. The van der Waals surface area contributed by atoms with Crippen molar-refractivity contribution < 1.29 is 18.3 Å². The highest BCUT2D eigenvalue weighted by atomic mass is 79.9. The van der Waals surface area contributed by atoms with Gasteiger partial charge in [-0.25, -0.2) is 0 Å². The second kappa shape index (κ2) is 4.26. The highest BCUT2D eigenvalue weighted by Crippen LogP contribution is 2.45. The summed E-state index contributed by atoms with van der Waals surface area (Å²) in [7, 11) is 0. The quantitative estimate of drug-likeness (QED) is 0.835. The van der Waals surface area contributed by atoms with Crippen molar-refractivity contribution in [1.29, 1.82) is 0 Å². The lowest BCUT2D eigenvalue weighted by Gasteiger charge is -2.25. The average molecular weight is 322 g/mol. The summed E-state index contributed by atoms with van der Waals surface area (Å²) < 4.78 is 39.0. The van der Waals surface area contributed by atoms with Crippen molar-refractivity contribution in [3.05, 3.63) is 28.2 Å². The highest BCUT2D eigenvalue weighted by molar-refractivity contribution is 9.10. The first-order valence-corrected chi connectivity index (χ1v) is 6.11. The van der Waals surface area contributed by atoms with E-state index >= 15 is 0 Å². The number of phenolic OH excluding ortho intramolecular Hbond substituents is 1. The van der Waals surface area contributed by atoms with E-state index in [4.69, 9.17) is 0 Å². The Bertz CT molecular complexity index is 513. The van der Waals surface area contributed by atoms with E-state index in [2.05, 4.69) is 20.9 Å². The lowest BCUT2D eigenvalue weighted by atomic mass is 9.85. The Morgan fingerprint density at radius 2 is 2.06 bits per heavy atom. The number of hydrogen-bond acceptors (Lipinski definition) is 2. The molecule has 1 heterocycles. The van der Waals surface area contributed by atoms with E-state index in [0.717, 1.165) is 0 Å². The molecular formula is C12H11BrF3NO. The van der Waals surface area contributed by atoms with Crippen LogP contribution in [0.4, 0.5) is 13.2 Å². The van der Waals surface area contributed by atoms with E-state index in [0.29, 0.717) is 15.7 Å². The van der Waals surface area contributed by atoms with Crippen LogP contribution in [0.3, 0.4) is 0 Å². The maximum Gasteiger partial charge on any atom is 0.396 e. The van der Waals surface area contributed by atoms with Gasteiger partial charge in [-0.1, -0.05) is 0 Å². The molecule has 6 heteroatoms. The van der Waals surface area contributed by atoms with E-state index in [9.17, 15) is 18.3 Å². The fraction of sp³-hybridized carbons (Fsp3) is 0.417. The zero-order chi connectivity index (χ0) is 13.6. The van der Waals surface area contributed by atoms with Crippen LogP contribution >= 0.6 is 15.9 Å². The number of rotatable bonds is 1. The van der Waals surface area contributed by atoms with Crippen LogP contribution in [0.1, 0.15) is 18.9 Å². The zero-order valence-electron chi connectivity index (χ0n) is 9.55. The van der Waals surface area contributed by atoms with Crippen molar-refractivity contribution in [3.63, 3.8) is 0 Å². The summed E-state index contributed by atoms with van der Waals surface area (Å²) in [5, 5.41) is 9.35. The van der Waals surface area contributed by atoms with E-state index < -0.39 is 11.6 Å². The minimum atomic E-state index is -4.26. The minimum Gasteiger partial charge on any atom is -0.507 e. The van der Waals surface area contributed by atoms with E-state index in [1.165, 1.54) is 13.0 Å². The summed E-state index contributed by atoms with van der Waals surface area (Å²) in [5.41, 5.74) is -0.754. The minimum absolute atomic E-state index is 0.0518. The third-order valence-electron chi connectivity index (χ3n) is 3.14. The second-order valence-corrected chi connectivity index (χ2v) is 5.52. The smallest absolute Gasteiger partial charge is 0.396 e. The molecule has 0 saturated heterocycles. The Morgan fingerprint density at radius 3 is 2.56 bits per heavy atom. The fourth-order valence-electron chi connectivity index (χ4n) is 1.82. The molecule has 0 amide bonds. The van der Waals surface area contributed by atoms with E-state index in [1.807, 2.05) is 0 Å². The zero-order valence-corrected chi connectivity index (χ0v) is 11.1. The Labute approximate surface area is 111 Å². The molecule has 2 nitrogen and oxygen atoms in total. The van der Waals surface area contributed by atoms with Crippen LogP contribution in [0, 0.1) is 5.41 Å². The molecule has 0 aliphatic carbocycles. The number of aromatic hydroxyl groups is 1. The van der Waals surface area contributed by atoms with Crippen molar-refractivity contribution >= 4 is 21.6 Å². The monoisotopic (exact) mass is 321 g/mol. The van der Waals surface area contributed by atoms with Gasteiger partial charge in [-0.15, -0.1) is 0 Å². The van der Waals surface area contributed by atoms with Crippen LogP contribution in [-0.4, -0.2) is 23.5 Å². The lowest BCUT2D eigenvalue weighted by molar-refractivity contribution is -0.209. The molecule has 0 aromatic heterocycles. The van der Waals surface area contributed by atoms with Gasteiger partial charge < -0.3 is 5.11 Å². The lowest BCUT2D eigenvalue weighted by Crippen LogP contribution is -2.36. The number of benzene rings is 1. The maximum atomic E-state index is 12.9. The van der Waals surface area contributed by atoms with Crippen LogP contribution in [0.15, 0.2) is 27.7 Å². The Balaban J connectivity index is 2.26. The molecule has 0 radical (unpaired) electrons. The number of alkyl halides is 3. The normalized spacial score (nSPS) is 24.2. The van der Waals surface area contributed by atoms with Gasteiger partial charge in [0.25, 0.3) is 0 Å². The molecule has 0 saturated carbocycles. The third kappa shape index (κ3) is 2.25. The van der Waals surface area contributed by atoms with Crippen LogP contribution in [-0.2, 0) is 0 Å². The van der Waals surface area contributed by atoms with Gasteiger partial charge in [0.05, 0.1) is 16.4 Å². The summed E-state index contributed by atoms with van der Waals surface area (Å²) in [4.78, 5) is 3.99.